The van der Waals surface area contributed by atoms with E-state index in [1.54, 1.807) is 0 Å². The minimum absolute atomic E-state index is 0.830. The number of hydrogen-bond acceptors (Lipinski definition) is 4. The van der Waals surface area contributed by atoms with Crippen LogP contribution < -0.4 is 5.32 Å². The summed E-state index contributed by atoms with van der Waals surface area (Å²) in [6, 6.07) is 8.73. The fraction of sp³-hybridized carbons (Fsp3) is 0.524. The van der Waals surface area contributed by atoms with Crippen LogP contribution in [0.3, 0.4) is 0 Å². The molecule has 0 fully saturated rings. The molecule has 0 saturated heterocycles. The summed E-state index contributed by atoms with van der Waals surface area (Å²) in [5.74, 6) is 0. The summed E-state index contributed by atoms with van der Waals surface area (Å²) in [6.45, 7) is 15.3. The van der Waals surface area contributed by atoms with Gasteiger partial charge < -0.3 is 5.32 Å². The molecule has 2 heterocycles. The summed E-state index contributed by atoms with van der Waals surface area (Å²) in [5, 5.41) is 3.36. The summed E-state index contributed by atoms with van der Waals surface area (Å²) >= 11 is 0. The first-order chi connectivity index (χ1) is 12.0. The lowest BCUT2D eigenvalue weighted by molar-refractivity contribution is 0.264. The summed E-state index contributed by atoms with van der Waals surface area (Å²) < 4.78 is 0. The Hall–Kier alpha value is -1.78. The molecule has 0 bridgehead atoms. The van der Waals surface area contributed by atoms with Crippen LogP contribution in [0.1, 0.15) is 54.7 Å². The van der Waals surface area contributed by atoms with Crippen molar-refractivity contribution in [3.8, 4) is 0 Å². The Balaban J connectivity index is 2.11. The van der Waals surface area contributed by atoms with Gasteiger partial charge in [0.25, 0.3) is 0 Å². The normalized spacial score (nSPS) is 11.3. The van der Waals surface area contributed by atoms with Crippen molar-refractivity contribution in [1.82, 2.24) is 20.2 Å². The number of nitrogens with one attached hydrogen (secondary N) is 1. The van der Waals surface area contributed by atoms with E-state index in [1.807, 2.05) is 0 Å². The zero-order valence-corrected chi connectivity index (χ0v) is 16.4. The second-order valence-corrected chi connectivity index (χ2v) is 6.69. The van der Waals surface area contributed by atoms with Gasteiger partial charge in [-0.3, -0.25) is 14.9 Å². The van der Waals surface area contributed by atoms with Gasteiger partial charge in [-0.15, -0.1) is 0 Å². The minimum Gasteiger partial charge on any atom is -0.311 e. The molecule has 0 saturated carbocycles. The van der Waals surface area contributed by atoms with Crippen LogP contribution in [-0.4, -0.2) is 28.0 Å². The van der Waals surface area contributed by atoms with Crippen molar-refractivity contribution in [2.24, 2.45) is 0 Å². The highest BCUT2D eigenvalue weighted by atomic mass is 15.1. The van der Waals surface area contributed by atoms with Gasteiger partial charge in [-0.2, -0.15) is 0 Å². The highest BCUT2D eigenvalue weighted by molar-refractivity contribution is 5.22. The molecule has 2 rings (SSSR count). The third-order valence-corrected chi connectivity index (χ3v) is 4.29. The fourth-order valence-electron chi connectivity index (χ4n) is 3.06. The molecule has 0 aliphatic carbocycles. The third kappa shape index (κ3) is 6.22. The Bertz CT molecular complexity index is 682. The lowest BCUT2D eigenvalue weighted by Gasteiger charge is -2.21. The molecular formula is C21H32N4. The SMILES string of the molecule is CCNCc1cc(C)cc(CN(CC)Cc2cc(C)cc(CC)n2)n1. The van der Waals surface area contributed by atoms with Crippen molar-refractivity contribution in [3.63, 3.8) is 0 Å². The largest absolute Gasteiger partial charge is 0.311 e. The average molecular weight is 341 g/mol. The number of aryl methyl sites for hydroxylation is 3. The van der Waals surface area contributed by atoms with E-state index in [0.29, 0.717) is 0 Å². The lowest BCUT2D eigenvalue weighted by Crippen LogP contribution is -2.24. The second kappa shape index (κ2) is 9.64. The number of aromatic nitrogens is 2. The first kappa shape index (κ1) is 19.5. The molecule has 2 aromatic rings. The van der Waals surface area contributed by atoms with Gasteiger partial charge in [0.2, 0.25) is 0 Å². The van der Waals surface area contributed by atoms with Gasteiger partial charge in [0.05, 0.1) is 17.1 Å². The van der Waals surface area contributed by atoms with Crippen molar-refractivity contribution in [3.05, 3.63) is 58.2 Å². The Morgan fingerprint density at radius 1 is 0.800 bits per heavy atom. The summed E-state index contributed by atoms with van der Waals surface area (Å²) in [6.07, 6.45) is 0.980. The van der Waals surface area contributed by atoms with E-state index < -0.39 is 0 Å². The minimum atomic E-state index is 0.830. The van der Waals surface area contributed by atoms with E-state index in [2.05, 4.69) is 69.1 Å². The van der Waals surface area contributed by atoms with Gasteiger partial charge in [-0.25, -0.2) is 0 Å². The van der Waals surface area contributed by atoms with Gasteiger partial charge in [0, 0.05) is 25.3 Å². The molecule has 0 aliphatic rings. The lowest BCUT2D eigenvalue weighted by atomic mass is 10.1. The highest BCUT2D eigenvalue weighted by Gasteiger charge is 2.10. The predicted molar refractivity (Wildman–Crippen MR) is 104 cm³/mol. The summed E-state index contributed by atoms with van der Waals surface area (Å²) in [4.78, 5) is 12.0. The van der Waals surface area contributed by atoms with Crippen LogP contribution >= 0.6 is 0 Å². The molecule has 136 valence electrons. The van der Waals surface area contributed by atoms with Crippen molar-refractivity contribution >= 4 is 0 Å². The molecule has 0 spiro atoms. The second-order valence-electron chi connectivity index (χ2n) is 6.69. The first-order valence-electron chi connectivity index (χ1n) is 9.40. The Labute approximate surface area is 152 Å². The topological polar surface area (TPSA) is 41.0 Å². The Kier molecular flexibility index (Phi) is 7.53. The van der Waals surface area contributed by atoms with Crippen molar-refractivity contribution in [2.45, 2.75) is 60.7 Å². The van der Waals surface area contributed by atoms with E-state index >= 15 is 0 Å². The maximum absolute atomic E-state index is 4.83. The van der Waals surface area contributed by atoms with Gasteiger partial charge in [0.1, 0.15) is 0 Å². The monoisotopic (exact) mass is 340 g/mol. The number of rotatable bonds is 9. The van der Waals surface area contributed by atoms with E-state index in [-0.39, 0.29) is 0 Å². The number of hydrogen-bond donors (Lipinski definition) is 1. The average Bonchev–Trinajstić information content (AvgIpc) is 2.58. The van der Waals surface area contributed by atoms with Crippen molar-refractivity contribution in [1.29, 1.82) is 0 Å². The zero-order valence-electron chi connectivity index (χ0n) is 16.4. The first-order valence-corrected chi connectivity index (χ1v) is 9.40. The fourth-order valence-corrected chi connectivity index (χ4v) is 3.06. The molecule has 4 nitrogen and oxygen atoms in total. The molecule has 25 heavy (non-hydrogen) atoms. The molecule has 2 aromatic heterocycles. The third-order valence-electron chi connectivity index (χ3n) is 4.29. The van der Waals surface area contributed by atoms with Crippen molar-refractivity contribution < 1.29 is 0 Å². The molecular weight excluding hydrogens is 308 g/mol. The maximum atomic E-state index is 4.83. The van der Waals surface area contributed by atoms with Crippen LogP contribution in [0.4, 0.5) is 0 Å². The number of pyridine rings is 2. The van der Waals surface area contributed by atoms with E-state index in [4.69, 9.17) is 9.97 Å². The van der Waals surface area contributed by atoms with Gasteiger partial charge in [0.15, 0.2) is 0 Å². The molecule has 1 N–H and O–H groups in total. The number of nitrogens with zero attached hydrogens (tertiary/aromatic N) is 3. The summed E-state index contributed by atoms with van der Waals surface area (Å²) in [5.41, 5.74) is 7.15. The molecule has 4 heteroatoms. The Morgan fingerprint density at radius 3 is 1.84 bits per heavy atom. The van der Waals surface area contributed by atoms with Crippen LogP contribution in [0.15, 0.2) is 24.3 Å². The maximum Gasteiger partial charge on any atom is 0.0550 e. The zero-order chi connectivity index (χ0) is 18.2. The molecule has 0 aromatic carbocycles. The van der Waals surface area contributed by atoms with Gasteiger partial charge in [-0.1, -0.05) is 20.8 Å². The summed E-state index contributed by atoms with van der Waals surface area (Å²) in [7, 11) is 0. The molecule has 0 unspecified atom stereocenters. The van der Waals surface area contributed by atoms with Crippen molar-refractivity contribution in [2.75, 3.05) is 13.1 Å². The van der Waals surface area contributed by atoms with Gasteiger partial charge >= 0.3 is 0 Å². The quantitative estimate of drug-likeness (QED) is 0.754. The van der Waals surface area contributed by atoms with Crippen LogP contribution in [0.5, 0.6) is 0 Å². The van der Waals surface area contributed by atoms with E-state index in [1.165, 1.54) is 16.8 Å². The van der Waals surface area contributed by atoms with Crippen LogP contribution in [0.25, 0.3) is 0 Å². The highest BCUT2D eigenvalue weighted by Crippen LogP contribution is 2.12. The van der Waals surface area contributed by atoms with Gasteiger partial charge in [-0.05, 0) is 68.8 Å². The van der Waals surface area contributed by atoms with Crippen LogP contribution in [0, 0.1) is 13.8 Å². The Morgan fingerprint density at radius 2 is 1.32 bits per heavy atom. The van der Waals surface area contributed by atoms with E-state index in [9.17, 15) is 0 Å². The smallest absolute Gasteiger partial charge is 0.0550 e. The molecule has 0 aliphatic heterocycles. The molecule has 0 atom stereocenters. The van der Waals surface area contributed by atoms with E-state index in [0.717, 1.165) is 56.2 Å². The molecule has 0 amide bonds. The van der Waals surface area contributed by atoms with Crippen LogP contribution in [-0.2, 0) is 26.1 Å². The molecule has 0 radical (unpaired) electrons. The van der Waals surface area contributed by atoms with Crippen LogP contribution in [0.2, 0.25) is 0 Å². The predicted octanol–water partition coefficient (Wildman–Crippen LogP) is 3.79. The standard InChI is InChI=1S/C21H32N4/c1-6-18-9-16(4)11-20(23-18)14-25(8-3)15-21-12-17(5)10-19(24-21)13-22-7-2/h9-12,22H,6-8,13-15H2,1-5H3.